The van der Waals surface area contributed by atoms with Gasteiger partial charge in [0.1, 0.15) is 11.6 Å². The van der Waals surface area contributed by atoms with E-state index in [4.69, 9.17) is 0 Å². The summed E-state index contributed by atoms with van der Waals surface area (Å²) in [7, 11) is 0. The number of urea groups is 1. The van der Waals surface area contributed by atoms with Gasteiger partial charge in [0, 0.05) is 11.4 Å². The van der Waals surface area contributed by atoms with Crippen LogP contribution in [0.2, 0.25) is 0 Å². The number of hydrazine groups is 1. The van der Waals surface area contributed by atoms with E-state index in [2.05, 4.69) is 57.7 Å². The van der Waals surface area contributed by atoms with Crippen LogP contribution in [0.1, 0.15) is 58.2 Å². The van der Waals surface area contributed by atoms with Crippen molar-refractivity contribution in [1.29, 1.82) is 0 Å². The average Bonchev–Trinajstić information content (AvgIpc) is 2.67. The zero-order chi connectivity index (χ0) is 24.1. The fraction of sp³-hybridized carbons (Fsp3) is 0.417. The fourth-order valence-electron chi connectivity index (χ4n) is 3.04. The highest BCUT2D eigenvalue weighted by Gasteiger charge is 2.26. The van der Waals surface area contributed by atoms with E-state index in [9.17, 15) is 19.1 Å². The predicted octanol–water partition coefficient (Wildman–Crippen LogP) is 5.21. The Labute approximate surface area is 193 Å². The average molecular weight is 462 g/mol. The first-order valence-electron chi connectivity index (χ1n) is 10.3. The highest BCUT2D eigenvalue weighted by molar-refractivity contribution is 7.99. The van der Waals surface area contributed by atoms with Crippen molar-refractivity contribution in [2.45, 2.75) is 58.1 Å². The van der Waals surface area contributed by atoms with E-state index in [1.165, 1.54) is 36.0 Å². The second kappa shape index (κ2) is 10.3. The van der Waals surface area contributed by atoms with Gasteiger partial charge in [0.2, 0.25) is 5.91 Å². The maximum Gasteiger partial charge on any atom is 0.337 e. The molecule has 2 aromatic rings. The summed E-state index contributed by atoms with van der Waals surface area (Å²) in [6, 6.07) is 8.64. The number of aromatic hydroxyl groups is 1. The number of anilines is 1. The summed E-state index contributed by atoms with van der Waals surface area (Å²) >= 11 is 1.41. The molecule has 2 aromatic carbocycles. The molecule has 0 heterocycles. The summed E-state index contributed by atoms with van der Waals surface area (Å²) in [5.41, 5.74) is 7.37. The minimum Gasteiger partial charge on any atom is -0.507 e. The highest BCUT2D eigenvalue weighted by Crippen LogP contribution is 2.40. The molecule has 0 aromatic heterocycles. The molecule has 32 heavy (non-hydrogen) atoms. The zero-order valence-electron chi connectivity index (χ0n) is 19.4. The number of carbonyl (C=O) groups is 2. The number of carbonyl (C=O) groups excluding carboxylic acids is 2. The molecule has 0 aliphatic rings. The number of thioether (sulfide) groups is 1. The minimum absolute atomic E-state index is 0.146. The fourth-order valence-corrected chi connectivity index (χ4v) is 3.80. The number of phenols is 1. The number of hydrogen-bond donors (Lipinski definition) is 4. The number of rotatable bonds is 5. The first-order chi connectivity index (χ1) is 14.8. The van der Waals surface area contributed by atoms with Gasteiger partial charge >= 0.3 is 6.03 Å². The number of hydrogen-bond acceptors (Lipinski definition) is 4. The second-order valence-electron chi connectivity index (χ2n) is 9.67. The van der Waals surface area contributed by atoms with Gasteiger partial charge in [-0.05, 0) is 51.8 Å². The van der Waals surface area contributed by atoms with Gasteiger partial charge in [0.15, 0.2) is 0 Å². The van der Waals surface area contributed by atoms with Gasteiger partial charge in [-0.15, -0.1) is 11.8 Å². The maximum absolute atomic E-state index is 12.9. The normalized spacial score (nSPS) is 11.7. The van der Waals surface area contributed by atoms with Gasteiger partial charge in [-0.1, -0.05) is 53.7 Å². The van der Waals surface area contributed by atoms with Crippen LogP contribution in [-0.4, -0.2) is 22.8 Å². The number of halogens is 1. The minimum atomic E-state index is -0.627. The molecular weight excluding hydrogens is 429 g/mol. The molecule has 6 nitrogen and oxygen atoms in total. The molecule has 0 bridgehead atoms. The lowest BCUT2D eigenvalue weighted by atomic mass is 9.78. The second-order valence-corrected chi connectivity index (χ2v) is 10.7. The molecule has 0 spiro atoms. The van der Waals surface area contributed by atoms with Crippen LogP contribution in [0.15, 0.2) is 36.4 Å². The van der Waals surface area contributed by atoms with Gasteiger partial charge in [-0.25, -0.2) is 14.6 Å². The molecule has 0 atom stereocenters. The van der Waals surface area contributed by atoms with Crippen LogP contribution in [-0.2, 0) is 21.4 Å². The summed E-state index contributed by atoms with van der Waals surface area (Å²) in [6.07, 6.45) is 0. The Morgan fingerprint density at radius 3 is 1.97 bits per heavy atom. The first-order valence-corrected chi connectivity index (χ1v) is 11.5. The van der Waals surface area contributed by atoms with Crippen molar-refractivity contribution in [2.75, 3.05) is 11.1 Å². The van der Waals surface area contributed by atoms with Crippen LogP contribution >= 0.6 is 11.8 Å². The molecule has 8 heteroatoms. The first kappa shape index (κ1) is 25.5. The Hall–Kier alpha value is -2.74. The standard InChI is InChI=1S/C24H32FN3O3S/c1-23(2,3)18-11-15(12-19(21(18)30)24(4,5)6)13-32-14-20(29)27-28-22(31)26-17-9-7-16(25)8-10-17/h7-12,30H,13-14H2,1-6H3,(H,27,29)(H2,26,28,31). The summed E-state index contributed by atoms with van der Waals surface area (Å²) < 4.78 is 12.9. The van der Waals surface area contributed by atoms with Crippen molar-refractivity contribution in [3.63, 3.8) is 0 Å². The third kappa shape index (κ3) is 7.44. The van der Waals surface area contributed by atoms with Crippen LogP contribution < -0.4 is 16.2 Å². The van der Waals surface area contributed by atoms with Crippen molar-refractivity contribution in [3.05, 3.63) is 58.9 Å². The molecule has 0 unspecified atom stereocenters. The van der Waals surface area contributed by atoms with Crippen LogP contribution in [0.5, 0.6) is 5.75 Å². The Morgan fingerprint density at radius 1 is 0.938 bits per heavy atom. The Kier molecular flexibility index (Phi) is 8.18. The predicted molar refractivity (Wildman–Crippen MR) is 128 cm³/mol. The quantitative estimate of drug-likeness (QED) is 0.460. The van der Waals surface area contributed by atoms with E-state index in [0.29, 0.717) is 17.2 Å². The van der Waals surface area contributed by atoms with E-state index in [1.54, 1.807) is 0 Å². The SMILES string of the molecule is CC(C)(C)c1cc(CSCC(=O)NNC(=O)Nc2ccc(F)cc2)cc(C(C)(C)C)c1O. The van der Waals surface area contributed by atoms with E-state index < -0.39 is 11.8 Å². The van der Waals surface area contributed by atoms with Gasteiger partial charge in [0.05, 0.1) is 5.75 Å². The molecular formula is C24H32FN3O3S. The third-order valence-electron chi connectivity index (χ3n) is 4.71. The summed E-state index contributed by atoms with van der Waals surface area (Å²) in [4.78, 5) is 23.9. The molecule has 0 aliphatic heterocycles. The lowest BCUT2D eigenvalue weighted by Gasteiger charge is -2.28. The van der Waals surface area contributed by atoms with E-state index in [1.807, 2.05) is 12.1 Å². The van der Waals surface area contributed by atoms with E-state index in [-0.39, 0.29) is 22.5 Å². The van der Waals surface area contributed by atoms with Gasteiger partial charge < -0.3 is 10.4 Å². The molecule has 0 radical (unpaired) electrons. The van der Waals surface area contributed by atoms with Crippen LogP contribution in [0, 0.1) is 5.82 Å². The van der Waals surface area contributed by atoms with Crippen molar-refractivity contribution in [3.8, 4) is 5.75 Å². The van der Waals surface area contributed by atoms with Crippen molar-refractivity contribution >= 4 is 29.4 Å². The van der Waals surface area contributed by atoms with E-state index in [0.717, 1.165) is 16.7 Å². The summed E-state index contributed by atoms with van der Waals surface area (Å²) in [5.74, 6) is 0.303. The molecule has 0 aliphatic carbocycles. The van der Waals surface area contributed by atoms with Crippen molar-refractivity contribution < 1.29 is 19.1 Å². The lowest BCUT2D eigenvalue weighted by Crippen LogP contribution is -2.44. The van der Waals surface area contributed by atoms with Crippen molar-refractivity contribution in [1.82, 2.24) is 10.9 Å². The maximum atomic E-state index is 12.9. The number of amides is 3. The Balaban J connectivity index is 1.91. The Bertz CT molecular complexity index is 929. The topological polar surface area (TPSA) is 90.5 Å². The van der Waals surface area contributed by atoms with Gasteiger partial charge in [-0.2, -0.15) is 0 Å². The highest BCUT2D eigenvalue weighted by atomic mass is 32.2. The van der Waals surface area contributed by atoms with Gasteiger partial charge in [0.25, 0.3) is 0 Å². The van der Waals surface area contributed by atoms with Gasteiger partial charge in [-0.3, -0.25) is 10.2 Å². The third-order valence-corrected chi connectivity index (χ3v) is 5.71. The molecule has 3 amide bonds. The summed E-state index contributed by atoms with van der Waals surface area (Å²) in [6.45, 7) is 12.3. The van der Waals surface area contributed by atoms with Crippen molar-refractivity contribution in [2.24, 2.45) is 0 Å². The smallest absolute Gasteiger partial charge is 0.337 e. The summed E-state index contributed by atoms with van der Waals surface area (Å²) in [5, 5.41) is 13.3. The molecule has 2 rings (SSSR count). The molecule has 0 saturated heterocycles. The molecule has 0 fully saturated rings. The lowest BCUT2D eigenvalue weighted by molar-refractivity contribution is -0.119. The van der Waals surface area contributed by atoms with Crippen LogP contribution in [0.25, 0.3) is 0 Å². The number of benzene rings is 2. The molecule has 4 N–H and O–H groups in total. The number of nitrogens with one attached hydrogen (secondary N) is 3. The number of phenolic OH excluding ortho intramolecular Hbond substituents is 1. The van der Waals surface area contributed by atoms with Crippen LogP contribution in [0.4, 0.5) is 14.9 Å². The molecule has 174 valence electrons. The molecule has 0 saturated carbocycles. The monoisotopic (exact) mass is 461 g/mol. The Morgan fingerprint density at radius 2 is 1.47 bits per heavy atom. The zero-order valence-corrected chi connectivity index (χ0v) is 20.2. The largest absolute Gasteiger partial charge is 0.507 e. The van der Waals surface area contributed by atoms with Crippen LogP contribution in [0.3, 0.4) is 0 Å². The van der Waals surface area contributed by atoms with E-state index >= 15 is 0 Å².